The Bertz CT molecular complexity index is 905. The van der Waals surface area contributed by atoms with Gasteiger partial charge in [-0.3, -0.25) is 9.47 Å². The van der Waals surface area contributed by atoms with Gasteiger partial charge in [0, 0.05) is 56.0 Å². The summed E-state index contributed by atoms with van der Waals surface area (Å²) in [6, 6.07) is 1.82. The lowest BCUT2D eigenvalue weighted by Crippen LogP contribution is -2.37. The molecule has 0 amide bonds. The molecule has 1 saturated heterocycles. The first-order valence-corrected chi connectivity index (χ1v) is 10.1. The second kappa shape index (κ2) is 8.02. The number of allylic oxidation sites excluding steroid dienone is 1. The van der Waals surface area contributed by atoms with Gasteiger partial charge in [-0.2, -0.15) is 0 Å². The Morgan fingerprint density at radius 2 is 2.19 bits per heavy atom. The van der Waals surface area contributed by atoms with Gasteiger partial charge < -0.3 is 9.84 Å². The van der Waals surface area contributed by atoms with Crippen LogP contribution in [0.3, 0.4) is 0 Å². The molecule has 0 aromatic carbocycles. The van der Waals surface area contributed by atoms with Crippen LogP contribution in [-0.2, 0) is 11.8 Å². The molecule has 4 heterocycles. The molecule has 0 saturated carbocycles. The highest BCUT2D eigenvalue weighted by molar-refractivity contribution is 7.99. The van der Waals surface area contributed by atoms with Crippen LogP contribution in [0.15, 0.2) is 22.4 Å². The molecular formula is C18H20ClN5O2S. The van der Waals surface area contributed by atoms with Crippen molar-refractivity contribution in [2.45, 2.75) is 5.16 Å². The number of hydrogen-bond acceptors (Lipinski definition) is 7. The van der Waals surface area contributed by atoms with E-state index in [-0.39, 0.29) is 5.88 Å². The third-order valence-electron chi connectivity index (χ3n) is 4.55. The fraction of sp³-hybridized carbons (Fsp3) is 0.389. The van der Waals surface area contributed by atoms with Crippen molar-refractivity contribution >= 4 is 47.0 Å². The standard InChI is InChI=1S/C18H20ClN5O2S/c1-23-17(25)15(8-12-10-20-16-14(12)9-13(19)11-21-16)22-18(23)27-7-4-24-2-5-26-6-3-24/h8-11,25H,2-7H2,1H3. The van der Waals surface area contributed by atoms with E-state index in [0.717, 1.165) is 54.9 Å². The van der Waals surface area contributed by atoms with Gasteiger partial charge in [-0.15, -0.1) is 0 Å². The summed E-state index contributed by atoms with van der Waals surface area (Å²) in [5.74, 6) is 1.67. The zero-order valence-electron chi connectivity index (χ0n) is 14.9. The molecule has 4 rings (SSSR count). The molecule has 2 aromatic heterocycles. The Hall–Kier alpha value is -1.87. The van der Waals surface area contributed by atoms with E-state index in [1.165, 1.54) is 0 Å². The van der Waals surface area contributed by atoms with Crippen LogP contribution in [0, 0.1) is 0 Å². The third-order valence-corrected chi connectivity index (χ3v) is 5.77. The molecule has 7 nitrogen and oxygen atoms in total. The Labute approximate surface area is 166 Å². The molecular weight excluding hydrogens is 386 g/mol. The molecule has 142 valence electrons. The number of hydrogen-bond donors (Lipinski definition) is 1. The molecule has 0 spiro atoms. The van der Waals surface area contributed by atoms with E-state index in [2.05, 4.69) is 19.9 Å². The van der Waals surface area contributed by atoms with Crippen LogP contribution >= 0.6 is 23.4 Å². The summed E-state index contributed by atoms with van der Waals surface area (Å²) in [4.78, 5) is 15.5. The van der Waals surface area contributed by atoms with Gasteiger partial charge in [-0.1, -0.05) is 23.4 Å². The number of nitrogens with zero attached hydrogens (tertiary/aromatic N) is 5. The van der Waals surface area contributed by atoms with E-state index in [1.54, 1.807) is 28.7 Å². The summed E-state index contributed by atoms with van der Waals surface area (Å²) in [6.07, 6.45) is 5.10. The highest BCUT2D eigenvalue weighted by Crippen LogP contribution is 2.34. The molecule has 2 aliphatic rings. The molecule has 0 aliphatic carbocycles. The minimum atomic E-state index is 0.133. The van der Waals surface area contributed by atoms with Crippen molar-refractivity contribution in [1.29, 1.82) is 0 Å². The molecule has 2 aliphatic heterocycles. The third kappa shape index (κ3) is 4.03. The zero-order chi connectivity index (χ0) is 18.8. The second-order valence-corrected chi connectivity index (χ2v) is 7.85. The Balaban J connectivity index is 1.48. The van der Waals surface area contributed by atoms with Gasteiger partial charge in [0.1, 0.15) is 5.69 Å². The van der Waals surface area contributed by atoms with Crippen molar-refractivity contribution in [3.63, 3.8) is 0 Å². The lowest BCUT2D eigenvalue weighted by molar-refractivity contribution is 0.0410. The number of thioether (sulfide) groups is 1. The predicted molar refractivity (Wildman–Crippen MR) is 108 cm³/mol. The number of halogens is 1. The first-order chi connectivity index (χ1) is 13.1. The number of pyridine rings is 1. The highest BCUT2D eigenvalue weighted by atomic mass is 35.5. The highest BCUT2D eigenvalue weighted by Gasteiger charge is 2.18. The average molecular weight is 406 g/mol. The number of imidazole rings is 1. The van der Waals surface area contributed by atoms with Crippen LogP contribution in [0.5, 0.6) is 5.88 Å². The van der Waals surface area contributed by atoms with Gasteiger partial charge in [0.15, 0.2) is 11.0 Å². The summed E-state index contributed by atoms with van der Waals surface area (Å²) in [6.45, 7) is 4.52. The maximum Gasteiger partial charge on any atom is 0.219 e. The maximum absolute atomic E-state index is 10.5. The molecule has 9 heteroatoms. The first-order valence-electron chi connectivity index (χ1n) is 8.72. The number of rotatable bonds is 5. The van der Waals surface area contributed by atoms with Crippen molar-refractivity contribution in [3.8, 4) is 5.88 Å². The fourth-order valence-electron chi connectivity index (χ4n) is 3.02. The Kier molecular flexibility index (Phi) is 5.49. The number of morpholine rings is 1. The van der Waals surface area contributed by atoms with Crippen LogP contribution in [0.4, 0.5) is 5.82 Å². The van der Waals surface area contributed by atoms with Crippen LogP contribution in [0.2, 0.25) is 5.02 Å². The summed E-state index contributed by atoms with van der Waals surface area (Å²) < 4.78 is 7.08. The number of fused-ring (bicyclic) bond motifs is 1. The molecule has 1 N–H and O–H groups in total. The number of aromatic nitrogens is 3. The van der Waals surface area contributed by atoms with E-state index >= 15 is 0 Å². The molecule has 0 unspecified atom stereocenters. The van der Waals surface area contributed by atoms with Crippen molar-refractivity contribution in [2.24, 2.45) is 12.0 Å². The smallest absolute Gasteiger partial charge is 0.219 e. The van der Waals surface area contributed by atoms with E-state index in [0.29, 0.717) is 16.5 Å². The van der Waals surface area contributed by atoms with E-state index in [4.69, 9.17) is 16.3 Å². The van der Waals surface area contributed by atoms with Gasteiger partial charge in [0.2, 0.25) is 5.88 Å². The fourth-order valence-corrected chi connectivity index (χ4v) is 4.15. The summed E-state index contributed by atoms with van der Waals surface area (Å²) in [7, 11) is 1.82. The largest absolute Gasteiger partial charge is 0.493 e. The van der Waals surface area contributed by atoms with Gasteiger partial charge in [0.25, 0.3) is 0 Å². The summed E-state index contributed by atoms with van der Waals surface area (Å²) in [5, 5.41) is 11.8. The van der Waals surface area contributed by atoms with Gasteiger partial charge in [-0.25, -0.2) is 15.0 Å². The van der Waals surface area contributed by atoms with Gasteiger partial charge >= 0.3 is 0 Å². The molecule has 0 atom stereocenters. The summed E-state index contributed by atoms with van der Waals surface area (Å²) in [5.41, 5.74) is 2.19. The lowest BCUT2D eigenvalue weighted by Gasteiger charge is -2.26. The minimum absolute atomic E-state index is 0.133. The zero-order valence-corrected chi connectivity index (χ0v) is 16.5. The molecule has 0 bridgehead atoms. The second-order valence-electron chi connectivity index (χ2n) is 6.35. The quantitative estimate of drug-likeness (QED) is 0.771. The molecule has 27 heavy (non-hydrogen) atoms. The van der Waals surface area contributed by atoms with Gasteiger partial charge in [-0.05, 0) is 12.1 Å². The van der Waals surface area contributed by atoms with Crippen molar-refractivity contribution in [3.05, 3.63) is 28.5 Å². The number of aliphatic imine (C=N–C) groups is 1. The lowest BCUT2D eigenvalue weighted by atomic mass is 10.1. The Morgan fingerprint density at radius 3 is 3.00 bits per heavy atom. The Morgan fingerprint density at radius 1 is 1.37 bits per heavy atom. The van der Waals surface area contributed by atoms with E-state index < -0.39 is 0 Å². The normalized spacial score (nSPS) is 18.4. The number of aromatic hydroxyl groups is 1. The van der Waals surface area contributed by atoms with E-state index in [9.17, 15) is 5.11 Å². The molecule has 2 aromatic rings. The topological polar surface area (TPSA) is 75.8 Å². The van der Waals surface area contributed by atoms with Crippen LogP contribution in [-0.4, -0.2) is 69.4 Å². The maximum atomic E-state index is 10.5. The minimum Gasteiger partial charge on any atom is -0.493 e. The number of ether oxygens (including phenoxy) is 1. The average Bonchev–Trinajstić information content (AvgIpc) is 3.19. The van der Waals surface area contributed by atoms with Crippen molar-refractivity contribution < 1.29 is 9.84 Å². The van der Waals surface area contributed by atoms with Crippen LogP contribution < -0.4 is 0 Å². The summed E-state index contributed by atoms with van der Waals surface area (Å²) >= 11 is 7.68. The predicted octanol–water partition coefficient (Wildman–Crippen LogP) is 2.85. The monoisotopic (exact) mass is 405 g/mol. The van der Waals surface area contributed by atoms with Crippen molar-refractivity contribution in [2.75, 3.05) is 38.6 Å². The van der Waals surface area contributed by atoms with E-state index in [1.807, 2.05) is 19.2 Å². The van der Waals surface area contributed by atoms with Gasteiger partial charge in [0.05, 0.1) is 18.2 Å². The molecule has 0 radical (unpaired) electrons. The van der Waals surface area contributed by atoms with Crippen LogP contribution in [0.1, 0.15) is 11.3 Å². The van der Waals surface area contributed by atoms with Crippen LogP contribution in [0.25, 0.3) is 11.6 Å². The van der Waals surface area contributed by atoms with Crippen molar-refractivity contribution in [1.82, 2.24) is 19.4 Å². The first kappa shape index (κ1) is 18.5. The SMILES string of the molecule is Cn1c(SCCN2CCOCC2)nc(C=C2C=Nc3ncc(Cl)cc32)c1O. The molecule has 1 fully saturated rings.